The number of carbonyl (C=O) groups is 1. The number of benzene rings is 1. The molecule has 1 aliphatic heterocycles. The molecular formula is C23H33N5O3S. The molecule has 32 heavy (non-hydrogen) atoms. The van der Waals surface area contributed by atoms with Crippen molar-refractivity contribution >= 4 is 15.9 Å². The van der Waals surface area contributed by atoms with Gasteiger partial charge < -0.3 is 9.47 Å². The molecule has 9 heteroatoms. The Hall–Kier alpha value is -2.26. The SMILES string of the molecule is CCn1cnnc1C1CCN(C(=O)c2ccc(S(=O)(=O)N(C)C3CCCCC3)cc2)CC1. The molecule has 2 heterocycles. The highest BCUT2D eigenvalue weighted by Gasteiger charge is 2.30. The molecule has 1 aliphatic carbocycles. The zero-order valence-electron chi connectivity index (χ0n) is 19.0. The van der Waals surface area contributed by atoms with Crippen molar-refractivity contribution in [3.05, 3.63) is 42.0 Å². The van der Waals surface area contributed by atoms with Gasteiger partial charge in [-0.2, -0.15) is 4.31 Å². The molecule has 2 fully saturated rings. The highest BCUT2D eigenvalue weighted by Crippen LogP contribution is 2.29. The second-order valence-corrected chi connectivity index (χ2v) is 10.9. The Labute approximate surface area is 190 Å². The number of amides is 1. The average molecular weight is 460 g/mol. The van der Waals surface area contributed by atoms with Crippen molar-refractivity contribution < 1.29 is 13.2 Å². The summed E-state index contributed by atoms with van der Waals surface area (Å²) in [6.45, 7) is 4.23. The van der Waals surface area contributed by atoms with Gasteiger partial charge in [-0.05, 0) is 56.9 Å². The second-order valence-electron chi connectivity index (χ2n) is 8.88. The van der Waals surface area contributed by atoms with E-state index < -0.39 is 10.0 Å². The largest absolute Gasteiger partial charge is 0.339 e. The molecule has 0 unspecified atom stereocenters. The number of rotatable bonds is 6. The first-order valence-electron chi connectivity index (χ1n) is 11.7. The zero-order valence-corrected chi connectivity index (χ0v) is 19.8. The van der Waals surface area contributed by atoms with Crippen molar-refractivity contribution in [1.82, 2.24) is 24.0 Å². The number of aryl methyl sites for hydroxylation is 1. The van der Waals surface area contributed by atoms with Gasteiger partial charge in [-0.3, -0.25) is 4.79 Å². The first-order valence-corrected chi connectivity index (χ1v) is 13.1. The van der Waals surface area contributed by atoms with E-state index in [1.807, 2.05) is 4.90 Å². The maximum absolute atomic E-state index is 13.0. The number of piperidine rings is 1. The third kappa shape index (κ3) is 4.59. The summed E-state index contributed by atoms with van der Waals surface area (Å²) in [5.74, 6) is 1.26. The summed E-state index contributed by atoms with van der Waals surface area (Å²) in [7, 11) is -1.88. The third-order valence-corrected chi connectivity index (χ3v) is 8.92. The van der Waals surface area contributed by atoms with Crippen molar-refractivity contribution in [2.24, 2.45) is 0 Å². The number of sulfonamides is 1. The molecule has 0 bridgehead atoms. The molecule has 0 spiro atoms. The predicted octanol–water partition coefficient (Wildman–Crippen LogP) is 3.27. The quantitative estimate of drug-likeness (QED) is 0.662. The number of carbonyl (C=O) groups excluding carboxylic acids is 1. The minimum Gasteiger partial charge on any atom is -0.339 e. The van der Waals surface area contributed by atoms with Crippen LogP contribution >= 0.6 is 0 Å². The molecule has 1 saturated carbocycles. The summed E-state index contributed by atoms with van der Waals surface area (Å²) in [4.78, 5) is 15.1. The third-order valence-electron chi connectivity index (χ3n) is 7.00. The van der Waals surface area contributed by atoms with Crippen LogP contribution in [0, 0.1) is 0 Å². The van der Waals surface area contributed by atoms with Crippen molar-refractivity contribution in [3.8, 4) is 0 Å². The van der Waals surface area contributed by atoms with Gasteiger partial charge in [0.05, 0.1) is 4.90 Å². The number of likely N-dealkylation sites (tertiary alicyclic amines) is 1. The average Bonchev–Trinajstić information content (AvgIpc) is 3.33. The molecule has 2 aromatic rings. The van der Waals surface area contributed by atoms with Gasteiger partial charge in [-0.15, -0.1) is 10.2 Å². The summed E-state index contributed by atoms with van der Waals surface area (Å²) in [6, 6.07) is 6.49. The van der Waals surface area contributed by atoms with Gasteiger partial charge in [0.1, 0.15) is 12.2 Å². The van der Waals surface area contributed by atoms with Gasteiger partial charge in [-0.1, -0.05) is 19.3 Å². The first kappa shape index (κ1) is 22.9. The van der Waals surface area contributed by atoms with E-state index in [0.29, 0.717) is 24.6 Å². The number of nitrogens with zero attached hydrogens (tertiary/aromatic N) is 5. The van der Waals surface area contributed by atoms with E-state index in [2.05, 4.69) is 21.7 Å². The molecule has 8 nitrogen and oxygen atoms in total. The summed E-state index contributed by atoms with van der Waals surface area (Å²) in [5.41, 5.74) is 0.527. The Morgan fingerprint density at radius 3 is 2.34 bits per heavy atom. The smallest absolute Gasteiger partial charge is 0.253 e. The number of hydrogen-bond donors (Lipinski definition) is 0. The molecule has 1 amide bonds. The van der Waals surface area contributed by atoms with Gasteiger partial charge in [-0.25, -0.2) is 8.42 Å². The summed E-state index contributed by atoms with van der Waals surface area (Å²) in [6.07, 6.45) is 8.61. The molecular weight excluding hydrogens is 426 g/mol. The maximum Gasteiger partial charge on any atom is 0.253 e. The fraction of sp³-hybridized carbons (Fsp3) is 0.609. The van der Waals surface area contributed by atoms with Crippen LogP contribution in [0.3, 0.4) is 0 Å². The number of hydrogen-bond acceptors (Lipinski definition) is 5. The van der Waals surface area contributed by atoms with Gasteiger partial charge >= 0.3 is 0 Å². The molecule has 1 aromatic carbocycles. The standard InChI is InChI=1S/C23H33N5O3S/c1-3-27-17-24-25-22(27)18-13-15-28(16-14-18)23(29)19-9-11-21(12-10-19)32(30,31)26(2)20-7-5-4-6-8-20/h9-12,17-18,20H,3-8,13-16H2,1-2H3. The maximum atomic E-state index is 13.0. The van der Waals surface area contributed by atoms with E-state index in [4.69, 9.17) is 0 Å². The van der Waals surface area contributed by atoms with Crippen LogP contribution in [0.2, 0.25) is 0 Å². The fourth-order valence-corrected chi connectivity index (χ4v) is 6.34. The normalized spacial score (nSPS) is 18.9. The van der Waals surface area contributed by atoms with Crippen LogP contribution in [0.15, 0.2) is 35.5 Å². The van der Waals surface area contributed by atoms with Crippen molar-refractivity contribution in [2.75, 3.05) is 20.1 Å². The van der Waals surface area contributed by atoms with Crippen LogP contribution in [-0.4, -0.2) is 64.5 Å². The van der Waals surface area contributed by atoms with Crippen LogP contribution in [0.25, 0.3) is 0 Å². The Morgan fingerprint density at radius 1 is 1.06 bits per heavy atom. The van der Waals surface area contributed by atoms with Crippen LogP contribution in [-0.2, 0) is 16.6 Å². The summed E-state index contributed by atoms with van der Waals surface area (Å²) >= 11 is 0. The van der Waals surface area contributed by atoms with E-state index in [-0.39, 0.29) is 16.8 Å². The van der Waals surface area contributed by atoms with Crippen LogP contribution in [0.1, 0.15) is 74.0 Å². The second kappa shape index (κ2) is 9.70. The van der Waals surface area contributed by atoms with E-state index in [1.54, 1.807) is 37.6 Å². The Kier molecular flexibility index (Phi) is 6.95. The van der Waals surface area contributed by atoms with Crippen molar-refractivity contribution in [2.45, 2.75) is 75.3 Å². The van der Waals surface area contributed by atoms with Crippen LogP contribution < -0.4 is 0 Å². The van der Waals surface area contributed by atoms with E-state index in [1.165, 1.54) is 10.7 Å². The number of aromatic nitrogens is 3. The minimum absolute atomic E-state index is 0.0509. The van der Waals surface area contributed by atoms with Gasteiger partial charge in [0.25, 0.3) is 5.91 Å². The molecule has 4 rings (SSSR count). The lowest BCUT2D eigenvalue weighted by molar-refractivity contribution is 0.0710. The lowest BCUT2D eigenvalue weighted by Crippen LogP contribution is -2.39. The lowest BCUT2D eigenvalue weighted by Gasteiger charge is -2.32. The fourth-order valence-electron chi connectivity index (χ4n) is 4.92. The van der Waals surface area contributed by atoms with Gasteiger partial charge in [0.15, 0.2) is 0 Å². The van der Waals surface area contributed by atoms with Gasteiger partial charge in [0, 0.05) is 44.2 Å². The van der Waals surface area contributed by atoms with Crippen molar-refractivity contribution in [3.63, 3.8) is 0 Å². The Morgan fingerprint density at radius 2 is 1.72 bits per heavy atom. The molecule has 0 N–H and O–H groups in total. The van der Waals surface area contributed by atoms with E-state index in [0.717, 1.165) is 50.9 Å². The molecule has 2 aliphatic rings. The lowest BCUT2D eigenvalue weighted by atomic mass is 9.95. The molecule has 1 aromatic heterocycles. The first-order chi connectivity index (χ1) is 15.4. The molecule has 0 atom stereocenters. The highest BCUT2D eigenvalue weighted by molar-refractivity contribution is 7.89. The van der Waals surface area contributed by atoms with E-state index in [9.17, 15) is 13.2 Å². The highest BCUT2D eigenvalue weighted by atomic mass is 32.2. The van der Waals surface area contributed by atoms with Crippen molar-refractivity contribution in [1.29, 1.82) is 0 Å². The Balaban J connectivity index is 1.39. The Bertz CT molecular complexity index is 1020. The summed E-state index contributed by atoms with van der Waals surface area (Å²) in [5, 5.41) is 8.29. The molecule has 174 valence electrons. The summed E-state index contributed by atoms with van der Waals surface area (Å²) < 4.78 is 29.6. The minimum atomic E-state index is -3.55. The van der Waals surface area contributed by atoms with Crippen LogP contribution in [0.5, 0.6) is 0 Å². The van der Waals surface area contributed by atoms with Crippen LogP contribution in [0.4, 0.5) is 0 Å². The topological polar surface area (TPSA) is 88.4 Å². The molecule has 1 saturated heterocycles. The monoisotopic (exact) mass is 459 g/mol. The zero-order chi connectivity index (χ0) is 22.7. The van der Waals surface area contributed by atoms with Gasteiger partial charge in [0.2, 0.25) is 10.0 Å². The molecule has 0 radical (unpaired) electrons. The van der Waals surface area contributed by atoms with E-state index >= 15 is 0 Å². The predicted molar refractivity (Wildman–Crippen MR) is 122 cm³/mol.